The molecule has 0 aliphatic heterocycles. The Balaban J connectivity index is 1.53. The van der Waals surface area contributed by atoms with E-state index < -0.39 is 11.6 Å². The molecule has 2 N–H and O–H groups in total. The van der Waals surface area contributed by atoms with Crippen molar-refractivity contribution < 1.29 is 13.6 Å². The number of halogens is 2. The van der Waals surface area contributed by atoms with Crippen LogP contribution in [0.15, 0.2) is 64.7 Å². The number of H-pyrrole nitrogens is 1. The second-order valence-electron chi connectivity index (χ2n) is 6.30. The van der Waals surface area contributed by atoms with Crippen molar-refractivity contribution in [2.45, 2.75) is 11.7 Å². The van der Waals surface area contributed by atoms with Crippen molar-refractivity contribution in [3.63, 3.8) is 0 Å². The van der Waals surface area contributed by atoms with Crippen LogP contribution in [0.4, 0.5) is 8.78 Å². The lowest BCUT2D eigenvalue weighted by atomic mass is 10.2. The molecule has 0 aliphatic carbocycles. The number of aromatic amines is 1. The van der Waals surface area contributed by atoms with Gasteiger partial charge >= 0.3 is 0 Å². The topological polar surface area (TPSA) is 92.7 Å². The van der Waals surface area contributed by atoms with Crippen LogP contribution in [0.3, 0.4) is 0 Å². The summed E-state index contributed by atoms with van der Waals surface area (Å²) in [4.78, 5) is 29.6. The van der Waals surface area contributed by atoms with Gasteiger partial charge in [-0.2, -0.15) is 5.10 Å². The highest BCUT2D eigenvalue weighted by molar-refractivity contribution is 7.99. The molecule has 0 saturated carbocycles. The minimum Gasteiger partial charge on any atom is -0.351 e. The number of carbonyl (C=O) groups is 1. The molecule has 2 aromatic heterocycles. The van der Waals surface area contributed by atoms with Gasteiger partial charge in [-0.05, 0) is 18.2 Å². The van der Waals surface area contributed by atoms with Gasteiger partial charge in [0.15, 0.2) is 10.8 Å². The van der Waals surface area contributed by atoms with Gasteiger partial charge < -0.3 is 5.32 Å². The number of carbonyl (C=O) groups excluding carboxylic acids is 1. The Labute approximate surface area is 173 Å². The first-order chi connectivity index (χ1) is 14.5. The van der Waals surface area contributed by atoms with E-state index in [-0.39, 0.29) is 29.3 Å². The summed E-state index contributed by atoms with van der Waals surface area (Å²) in [6, 6.07) is 12.1. The van der Waals surface area contributed by atoms with Crippen molar-refractivity contribution in [3.05, 3.63) is 82.3 Å². The first-order valence-corrected chi connectivity index (χ1v) is 9.86. The Kier molecular flexibility index (Phi) is 5.57. The van der Waals surface area contributed by atoms with E-state index in [9.17, 15) is 18.4 Å². The molecule has 0 unspecified atom stereocenters. The Morgan fingerprint density at radius 3 is 2.73 bits per heavy atom. The molecule has 0 aliphatic rings. The number of fused-ring (bicyclic) bond motifs is 1. The Morgan fingerprint density at radius 2 is 1.97 bits per heavy atom. The molecule has 1 amide bonds. The minimum atomic E-state index is -0.729. The van der Waals surface area contributed by atoms with Crippen LogP contribution in [0.25, 0.3) is 16.7 Å². The Morgan fingerprint density at radius 1 is 1.17 bits per heavy atom. The standard InChI is InChI=1S/C20H15F2N5O2S/c21-13-7-6-12(16(22)8-13)9-23-17(28)11-30-20-25-18-15(10-24-26-18)19(29)27(20)14-4-2-1-3-5-14/h1-8,10H,9,11H2,(H,23,28)(H,24,26). The molecule has 152 valence electrons. The Hall–Kier alpha value is -3.53. The van der Waals surface area contributed by atoms with Crippen molar-refractivity contribution in [2.24, 2.45) is 0 Å². The van der Waals surface area contributed by atoms with Gasteiger partial charge in [0.2, 0.25) is 5.91 Å². The number of nitrogens with one attached hydrogen (secondary N) is 2. The molecule has 10 heteroatoms. The summed E-state index contributed by atoms with van der Waals surface area (Å²) in [5, 5.41) is 9.74. The van der Waals surface area contributed by atoms with Crippen molar-refractivity contribution >= 4 is 28.7 Å². The van der Waals surface area contributed by atoms with Gasteiger partial charge in [-0.25, -0.2) is 13.8 Å². The van der Waals surface area contributed by atoms with Gasteiger partial charge in [-0.1, -0.05) is 36.0 Å². The van der Waals surface area contributed by atoms with Crippen LogP contribution in [0.5, 0.6) is 0 Å². The van der Waals surface area contributed by atoms with Gasteiger partial charge in [0.1, 0.15) is 17.0 Å². The summed E-state index contributed by atoms with van der Waals surface area (Å²) in [6.07, 6.45) is 1.41. The third-order valence-electron chi connectivity index (χ3n) is 4.29. The molecule has 7 nitrogen and oxygen atoms in total. The lowest BCUT2D eigenvalue weighted by Gasteiger charge is -2.12. The molecule has 2 heterocycles. The monoisotopic (exact) mass is 427 g/mol. The third kappa shape index (κ3) is 4.08. The zero-order valence-electron chi connectivity index (χ0n) is 15.4. The van der Waals surface area contributed by atoms with Crippen LogP contribution in [-0.4, -0.2) is 31.4 Å². The summed E-state index contributed by atoms with van der Waals surface area (Å²) in [5.74, 6) is -1.85. The van der Waals surface area contributed by atoms with Gasteiger partial charge in [0, 0.05) is 18.2 Å². The number of hydrogen-bond donors (Lipinski definition) is 2. The zero-order chi connectivity index (χ0) is 21.1. The highest BCUT2D eigenvalue weighted by atomic mass is 32.2. The molecule has 0 spiro atoms. The van der Waals surface area contributed by atoms with Crippen LogP contribution in [0, 0.1) is 11.6 Å². The molecule has 0 bridgehead atoms. The molecule has 4 aromatic rings. The zero-order valence-corrected chi connectivity index (χ0v) is 16.2. The van der Waals surface area contributed by atoms with Crippen LogP contribution in [0.1, 0.15) is 5.56 Å². The molecule has 0 radical (unpaired) electrons. The van der Waals surface area contributed by atoms with Crippen molar-refractivity contribution in [2.75, 3.05) is 5.75 Å². The first kappa shape index (κ1) is 19.8. The highest BCUT2D eigenvalue weighted by Crippen LogP contribution is 2.20. The van der Waals surface area contributed by atoms with Gasteiger partial charge in [-0.3, -0.25) is 19.3 Å². The van der Waals surface area contributed by atoms with Gasteiger partial charge in [0.05, 0.1) is 17.6 Å². The minimum absolute atomic E-state index is 0.0538. The second-order valence-corrected chi connectivity index (χ2v) is 7.25. The van der Waals surface area contributed by atoms with Gasteiger partial charge in [0.25, 0.3) is 5.56 Å². The van der Waals surface area contributed by atoms with E-state index >= 15 is 0 Å². The second kappa shape index (κ2) is 8.46. The van der Waals surface area contributed by atoms with E-state index in [0.717, 1.165) is 23.9 Å². The summed E-state index contributed by atoms with van der Waals surface area (Å²) in [7, 11) is 0. The van der Waals surface area contributed by atoms with Crippen LogP contribution < -0.4 is 10.9 Å². The fraction of sp³-hybridized carbons (Fsp3) is 0.100. The predicted octanol–water partition coefficient (Wildman–Crippen LogP) is 2.80. The van der Waals surface area contributed by atoms with E-state index in [1.54, 1.807) is 24.3 Å². The molecule has 0 saturated heterocycles. The average molecular weight is 427 g/mol. The van der Waals surface area contributed by atoms with Crippen molar-refractivity contribution in [1.82, 2.24) is 25.1 Å². The maximum Gasteiger partial charge on any atom is 0.269 e. The van der Waals surface area contributed by atoms with E-state index in [1.165, 1.54) is 16.8 Å². The van der Waals surface area contributed by atoms with Crippen LogP contribution in [-0.2, 0) is 11.3 Å². The molecule has 30 heavy (non-hydrogen) atoms. The number of thioether (sulfide) groups is 1. The van der Waals surface area contributed by atoms with Crippen LogP contribution >= 0.6 is 11.8 Å². The molecular weight excluding hydrogens is 412 g/mol. The summed E-state index contributed by atoms with van der Waals surface area (Å²) in [6.45, 7) is -0.0794. The molecular formula is C20H15F2N5O2S. The predicted molar refractivity (Wildman–Crippen MR) is 108 cm³/mol. The van der Waals surface area contributed by atoms with E-state index in [0.29, 0.717) is 21.9 Å². The number of para-hydroxylation sites is 1. The largest absolute Gasteiger partial charge is 0.351 e. The van der Waals surface area contributed by atoms with E-state index in [1.807, 2.05) is 6.07 Å². The number of benzene rings is 2. The summed E-state index contributed by atoms with van der Waals surface area (Å²) >= 11 is 1.06. The fourth-order valence-corrected chi connectivity index (χ4v) is 3.65. The first-order valence-electron chi connectivity index (χ1n) is 8.88. The lowest BCUT2D eigenvalue weighted by Crippen LogP contribution is -2.26. The number of amides is 1. The fourth-order valence-electron chi connectivity index (χ4n) is 2.82. The molecule has 4 rings (SSSR count). The third-order valence-corrected chi connectivity index (χ3v) is 5.23. The number of aromatic nitrogens is 4. The van der Waals surface area contributed by atoms with Crippen LogP contribution in [0.2, 0.25) is 0 Å². The van der Waals surface area contributed by atoms with Gasteiger partial charge in [-0.15, -0.1) is 0 Å². The van der Waals surface area contributed by atoms with Crippen molar-refractivity contribution in [1.29, 1.82) is 0 Å². The molecule has 0 fully saturated rings. The SMILES string of the molecule is O=C(CSc1nc2[nH]ncc2c(=O)n1-c1ccccc1)NCc1ccc(F)cc1F. The molecule has 0 atom stereocenters. The smallest absolute Gasteiger partial charge is 0.269 e. The van der Waals surface area contributed by atoms with E-state index in [4.69, 9.17) is 0 Å². The van der Waals surface area contributed by atoms with E-state index in [2.05, 4.69) is 20.5 Å². The number of nitrogens with zero attached hydrogens (tertiary/aromatic N) is 3. The lowest BCUT2D eigenvalue weighted by molar-refractivity contribution is -0.118. The molecule has 2 aromatic carbocycles. The number of rotatable bonds is 6. The maximum atomic E-state index is 13.7. The summed E-state index contributed by atoms with van der Waals surface area (Å²) in [5.41, 5.74) is 0.794. The number of hydrogen-bond acceptors (Lipinski definition) is 5. The summed E-state index contributed by atoms with van der Waals surface area (Å²) < 4.78 is 28.1. The average Bonchev–Trinajstić information content (AvgIpc) is 3.21. The highest BCUT2D eigenvalue weighted by Gasteiger charge is 2.16. The normalized spacial score (nSPS) is 11.0. The van der Waals surface area contributed by atoms with Crippen molar-refractivity contribution in [3.8, 4) is 5.69 Å². The maximum absolute atomic E-state index is 13.7. The quantitative estimate of drug-likeness (QED) is 0.365. The Bertz CT molecular complexity index is 1270.